The molecular formula is C13H20N4O4. The zero-order chi connectivity index (χ0) is 15.2. The standard InChI is InChI=1S/C13H20N4O4/c1-9(11-3-2-6-21-11)16-13(20)14-4-5-17-7-10(12(18)19)15-8-17/h7-9,11H,2-6H2,1H3,(H,18,19)(H2,14,16,20). The number of aromatic nitrogens is 2. The molecule has 2 unspecified atom stereocenters. The van der Waals surface area contributed by atoms with E-state index in [4.69, 9.17) is 9.84 Å². The van der Waals surface area contributed by atoms with Crippen LogP contribution >= 0.6 is 0 Å². The Balaban J connectivity index is 1.67. The Kier molecular flexibility index (Phi) is 5.15. The van der Waals surface area contributed by atoms with Crippen LogP contribution in [0, 0.1) is 0 Å². The Morgan fingerprint density at radius 1 is 1.62 bits per heavy atom. The van der Waals surface area contributed by atoms with Crippen molar-refractivity contribution in [3.8, 4) is 0 Å². The average Bonchev–Trinajstić information content (AvgIpc) is 3.10. The molecule has 1 aromatic rings. The van der Waals surface area contributed by atoms with Crippen LogP contribution in [0.2, 0.25) is 0 Å². The number of carbonyl (C=O) groups excluding carboxylic acids is 1. The second-order valence-electron chi connectivity index (χ2n) is 5.04. The zero-order valence-corrected chi connectivity index (χ0v) is 11.9. The highest BCUT2D eigenvalue weighted by molar-refractivity contribution is 5.84. The van der Waals surface area contributed by atoms with Crippen molar-refractivity contribution in [1.82, 2.24) is 20.2 Å². The maximum atomic E-state index is 11.7. The molecule has 1 fully saturated rings. The van der Waals surface area contributed by atoms with Crippen molar-refractivity contribution in [3.63, 3.8) is 0 Å². The van der Waals surface area contributed by atoms with Crippen LogP contribution in [0.1, 0.15) is 30.3 Å². The highest BCUT2D eigenvalue weighted by Crippen LogP contribution is 2.15. The van der Waals surface area contributed by atoms with Crippen molar-refractivity contribution in [2.75, 3.05) is 13.2 Å². The Morgan fingerprint density at radius 2 is 2.43 bits per heavy atom. The van der Waals surface area contributed by atoms with Gasteiger partial charge in [0.05, 0.1) is 18.5 Å². The third-order valence-electron chi connectivity index (χ3n) is 3.39. The van der Waals surface area contributed by atoms with E-state index in [1.54, 1.807) is 4.57 Å². The van der Waals surface area contributed by atoms with E-state index in [1.807, 2.05) is 6.92 Å². The van der Waals surface area contributed by atoms with E-state index < -0.39 is 5.97 Å². The number of ether oxygens (including phenoxy) is 1. The smallest absolute Gasteiger partial charge is 0.356 e. The van der Waals surface area contributed by atoms with Gasteiger partial charge in [-0.3, -0.25) is 0 Å². The molecule has 2 heterocycles. The number of carbonyl (C=O) groups is 2. The number of imidazole rings is 1. The van der Waals surface area contributed by atoms with Gasteiger partial charge in [0.15, 0.2) is 5.69 Å². The summed E-state index contributed by atoms with van der Waals surface area (Å²) in [6.45, 7) is 3.52. The van der Waals surface area contributed by atoms with E-state index in [0.717, 1.165) is 19.4 Å². The summed E-state index contributed by atoms with van der Waals surface area (Å²) in [7, 11) is 0. The molecule has 2 amide bonds. The quantitative estimate of drug-likeness (QED) is 0.706. The second kappa shape index (κ2) is 7.07. The first kappa shape index (κ1) is 15.3. The van der Waals surface area contributed by atoms with Crippen LogP contribution in [0.4, 0.5) is 4.79 Å². The fourth-order valence-corrected chi connectivity index (χ4v) is 2.24. The Morgan fingerprint density at radius 3 is 3.05 bits per heavy atom. The van der Waals surface area contributed by atoms with Gasteiger partial charge >= 0.3 is 12.0 Å². The van der Waals surface area contributed by atoms with E-state index in [9.17, 15) is 9.59 Å². The molecule has 1 aliphatic heterocycles. The molecule has 0 saturated carbocycles. The number of rotatable bonds is 6. The minimum Gasteiger partial charge on any atom is -0.476 e. The molecule has 1 saturated heterocycles. The highest BCUT2D eigenvalue weighted by Gasteiger charge is 2.23. The fourth-order valence-electron chi connectivity index (χ4n) is 2.24. The number of hydrogen-bond donors (Lipinski definition) is 3. The number of nitrogens with zero attached hydrogens (tertiary/aromatic N) is 2. The van der Waals surface area contributed by atoms with Crippen LogP contribution in [-0.2, 0) is 11.3 Å². The maximum absolute atomic E-state index is 11.7. The molecule has 116 valence electrons. The number of hydrogen-bond acceptors (Lipinski definition) is 4. The third kappa shape index (κ3) is 4.45. The van der Waals surface area contributed by atoms with Crippen LogP contribution in [-0.4, -0.2) is 52.0 Å². The molecule has 3 N–H and O–H groups in total. The molecule has 21 heavy (non-hydrogen) atoms. The molecule has 0 aliphatic carbocycles. The lowest BCUT2D eigenvalue weighted by Gasteiger charge is -2.20. The van der Waals surface area contributed by atoms with Crippen LogP contribution in [0.5, 0.6) is 0 Å². The summed E-state index contributed by atoms with van der Waals surface area (Å²) >= 11 is 0. The molecule has 8 heteroatoms. The number of urea groups is 1. The summed E-state index contributed by atoms with van der Waals surface area (Å²) in [4.78, 5) is 26.1. The van der Waals surface area contributed by atoms with Crippen molar-refractivity contribution in [1.29, 1.82) is 0 Å². The molecule has 0 bridgehead atoms. The Labute approximate surface area is 122 Å². The number of carboxylic acid groups (broad SMARTS) is 1. The van der Waals surface area contributed by atoms with Crippen molar-refractivity contribution < 1.29 is 19.4 Å². The van der Waals surface area contributed by atoms with E-state index in [0.29, 0.717) is 13.1 Å². The Bertz CT molecular complexity index is 496. The number of carboxylic acids is 1. The fraction of sp³-hybridized carbons (Fsp3) is 0.615. The normalized spacial score (nSPS) is 19.2. The van der Waals surface area contributed by atoms with Crippen molar-refractivity contribution in [3.05, 3.63) is 18.2 Å². The van der Waals surface area contributed by atoms with Gasteiger partial charge in [0.2, 0.25) is 0 Å². The minimum absolute atomic E-state index is 0.00791. The summed E-state index contributed by atoms with van der Waals surface area (Å²) in [6.07, 6.45) is 4.94. The first-order chi connectivity index (χ1) is 10.1. The molecule has 1 aliphatic rings. The van der Waals surface area contributed by atoms with Crippen LogP contribution < -0.4 is 10.6 Å². The predicted molar refractivity (Wildman–Crippen MR) is 74.2 cm³/mol. The third-order valence-corrected chi connectivity index (χ3v) is 3.39. The molecule has 0 radical (unpaired) electrons. The van der Waals surface area contributed by atoms with Crippen molar-refractivity contribution in [2.24, 2.45) is 0 Å². The number of amides is 2. The lowest BCUT2D eigenvalue weighted by atomic mass is 10.1. The van der Waals surface area contributed by atoms with Gasteiger partial charge in [-0.05, 0) is 19.8 Å². The molecule has 2 atom stereocenters. The molecule has 2 rings (SSSR count). The highest BCUT2D eigenvalue weighted by atomic mass is 16.5. The molecule has 8 nitrogen and oxygen atoms in total. The van der Waals surface area contributed by atoms with Gasteiger partial charge in [-0.1, -0.05) is 0 Å². The van der Waals surface area contributed by atoms with Gasteiger partial charge in [0.25, 0.3) is 0 Å². The minimum atomic E-state index is -1.06. The summed E-state index contributed by atoms with van der Waals surface area (Å²) in [6, 6.07) is -0.282. The first-order valence-corrected chi connectivity index (χ1v) is 6.97. The average molecular weight is 296 g/mol. The molecule has 1 aromatic heterocycles. The second-order valence-corrected chi connectivity index (χ2v) is 5.04. The summed E-state index contributed by atoms with van der Waals surface area (Å²) in [5, 5.41) is 14.3. The van der Waals surface area contributed by atoms with Gasteiger partial charge in [-0.15, -0.1) is 0 Å². The summed E-state index contributed by atoms with van der Waals surface area (Å²) in [5.74, 6) is -1.06. The number of nitrogens with one attached hydrogen (secondary N) is 2. The summed E-state index contributed by atoms with van der Waals surface area (Å²) in [5.41, 5.74) is -0.00791. The van der Waals surface area contributed by atoms with Gasteiger partial charge in [-0.2, -0.15) is 0 Å². The van der Waals surface area contributed by atoms with E-state index in [-0.39, 0.29) is 23.9 Å². The van der Waals surface area contributed by atoms with E-state index in [2.05, 4.69) is 15.6 Å². The topological polar surface area (TPSA) is 105 Å². The Hall–Kier alpha value is -2.09. The molecule has 0 spiro atoms. The van der Waals surface area contributed by atoms with Crippen LogP contribution in [0.3, 0.4) is 0 Å². The van der Waals surface area contributed by atoms with Gasteiger partial charge in [-0.25, -0.2) is 14.6 Å². The van der Waals surface area contributed by atoms with Crippen LogP contribution in [0.15, 0.2) is 12.5 Å². The molecule has 0 aromatic carbocycles. The first-order valence-electron chi connectivity index (χ1n) is 6.97. The van der Waals surface area contributed by atoms with Crippen molar-refractivity contribution >= 4 is 12.0 Å². The monoisotopic (exact) mass is 296 g/mol. The predicted octanol–water partition coefficient (Wildman–Crippen LogP) is 0.448. The number of aromatic carboxylic acids is 1. The van der Waals surface area contributed by atoms with Gasteiger partial charge in [0, 0.05) is 25.9 Å². The van der Waals surface area contributed by atoms with Crippen molar-refractivity contribution in [2.45, 2.75) is 38.5 Å². The lowest BCUT2D eigenvalue weighted by Crippen LogP contribution is -2.46. The van der Waals surface area contributed by atoms with Crippen LogP contribution in [0.25, 0.3) is 0 Å². The molecular weight excluding hydrogens is 276 g/mol. The van der Waals surface area contributed by atoms with Gasteiger partial charge < -0.3 is 25.0 Å². The summed E-state index contributed by atoms with van der Waals surface area (Å²) < 4.78 is 7.12. The maximum Gasteiger partial charge on any atom is 0.356 e. The largest absolute Gasteiger partial charge is 0.476 e. The lowest BCUT2D eigenvalue weighted by molar-refractivity contribution is 0.0691. The van der Waals surface area contributed by atoms with E-state index in [1.165, 1.54) is 12.5 Å². The van der Waals surface area contributed by atoms with E-state index >= 15 is 0 Å². The zero-order valence-electron chi connectivity index (χ0n) is 11.9. The SMILES string of the molecule is CC(NC(=O)NCCn1cnc(C(=O)O)c1)C1CCCO1. The van der Waals surface area contributed by atoms with Gasteiger partial charge in [0.1, 0.15) is 0 Å².